The number of ether oxygens (including phenoxy) is 2. The number of methoxy groups -OCH3 is 1. The summed E-state index contributed by atoms with van der Waals surface area (Å²) in [4.78, 5) is 22.9. The van der Waals surface area contributed by atoms with Crippen LogP contribution in [0.15, 0.2) is 23.1 Å². The lowest BCUT2D eigenvalue weighted by Gasteiger charge is -2.20. The highest BCUT2D eigenvalue weighted by Gasteiger charge is 2.20. The van der Waals surface area contributed by atoms with Crippen LogP contribution in [0.1, 0.15) is 31.1 Å². The molecule has 1 aromatic rings. The maximum absolute atomic E-state index is 11.7. The first kappa shape index (κ1) is 18.2. The minimum atomic E-state index is -4.09. The van der Waals surface area contributed by atoms with E-state index in [1.165, 1.54) is 6.07 Å². The molecule has 0 radical (unpaired) electrons. The van der Waals surface area contributed by atoms with Crippen molar-refractivity contribution < 1.29 is 27.5 Å². The Labute approximate surface area is 133 Å². The Morgan fingerprint density at radius 1 is 1.18 bits per heavy atom. The second kappa shape index (κ2) is 6.53. The van der Waals surface area contributed by atoms with Gasteiger partial charge in [-0.25, -0.2) is 18.0 Å². The highest BCUT2D eigenvalue weighted by molar-refractivity contribution is 8.13. The number of carbonyl (C=O) groups is 2. The van der Waals surface area contributed by atoms with E-state index in [2.05, 4.69) is 10.1 Å². The molecule has 0 spiro atoms. The lowest BCUT2D eigenvalue weighted by molar-refractivity contribution is 0.0596. The number of esters is 1. The Morgan fingerprint density at radius 3 is 2.23 bits per heavy atom. The molecular formula is C13H16ClNO6S. The molecule has 1 amide bonds. The van der Waals surface area contributed by atoms with Crippen LogP contribution in [0.5, 0.6) is 0 Å². The predicted octanol–water partition coefficient (Wildman–Crippen LogP) is 2.75. The SMILES string of the molecule is COC(=O)c1cc(NC(=O)OC(C)(C)C)cc(S(=O)(=O)Cl)c1. The molecule has 9 heteroatoms. The number of nitrogens with one attached hydrogen (secondary N) is 1. The number of anilines is 1. The number of hydrogen-bond acceptors (Lipinski definition) is 6. The third-order valence-electron chi connectivity index (χ3n) is 2.25. The zero-order valence-corrected chi connectivity index (χ0v) is 14.0. The van der Waals surface area contributed by atoms with Crippen LogP contribution in [-0.4, -0.2) is 33.2 Å². The van der Waals surface area contributed by atoms with Gasteiger partial charge in [0, 0.05) is 16.4 Å². The van der Waals surface area contributed by atoms with Gasteiger partial charge in [-0.05, 0) is 39.0 Å². The molecule has 0 aliphatic heterocycles. The van der Waals surface area contributed by atoms with Crippen LogP contribution >= 0.6 is 10.7 Å². The van der Waals surface area contributed by atoms with Gasteiger partial charge in [-0.3, -0.25) is 5.32 Å². The van der Waals surface area contributed by atoms with E-state index < -0.39 is 26.7 Å². The summed E-state index contributed by atoms with van der Waals surface area (Å²) in [5.74, 6) is -0.769. The number of rotatable bonds is 3. The number of amides is 1. The molecule has 1 N–H and O–H groups in total. The second-order valence-electron chi connectivity index (χ2n) is 5.30. The van der Waals surface area contributed by atoms with Crippen molar-refractivity contribution in [2.75, 3.05) is 12.4 Å². The zero-order chi connectivity index (χ0) is 17.1. The van der Waals surface area contributed by atoms with Gasteiger partial charge >= 0.3 is 12.1 Å². The molecule has 0 aromatic heterocycles. The summed E-state index contributed by atoms with van der Waals surface area (Å²) in [6.45, 7) is 5.02. The Kier molecular flexibility index (Phi) is 5.42. The van der Waals surface area contributed by atoms with Crippen LogP contribution in [-0.2, 0) is 18.5 Å². The van der Waals surface area contributed by atoms with Crippen molar-refractivity contribution in [1.82, 2.24) is 0 Å². The van der Waals surface area contributed by atoms with Gasteiger partial charge in [-0.2, -0.15) is 0 Å². The van der Waals surface area contributed by atoms with Crippen molar-refractivity contribution in [2.45, 2.75) is 31.3 Å². The van der Waals surface area contributed by atoms with E-state index in [0.29, 0.717) is 0 Å². The fourth-order valence-corrected chi connectivity index (χ4v) is 2.27. The van der Waals surface area contributed by atoms with Crippen LogP contribution in [0.25, 0.3) is 0 Å². The van der Waals surface area contributed by atoms with Crippen molar-refractivity contribution >= 4 is 37.5 Å². The topological polar surface area (TPSA) is 98.8 Å². The summed E-state index contributed by atoms with van der Waals surface area (Å²) in [6, 6.07) is 3.41. The van der Waals surface area contributed by atoms with Gasteiger partial charge in [0.25, 0.3) is 9.05 Å². The first-order valence-corrected chi connectivity index (χ1v) is 8.41. The average Bonchev–Trinajstić information content (AvgIpc) is 2.33. The van der Waals surface area contributed by atoms with E-state index in [9.17, 15) is 18.0 Å². The molecule has 7 nitrogen and oxygen atoms in total. The van der Waals surface area contributed by atoms with Crippen molar-refractivity contribution in [2.24, 2.45) is 0 Å². The molecule has 122 valence electrons. The average molecular weight is 350 g/mol. The number of halogens is 1. The van der Waals surface area contributed by atoms with Gasteiger partial charge in [0.2, 0.25) is 0 Å². The molecule has 0 fully saturated rings. The molecule has 0 saturated heterocycles. The molecule has 0 unspecified atom stereocenters. The highest BCUT2D eigenvalue weighted by Crippen LogP contribution is 2.23. The van der Waals surface area contributed by atoms with Crippen LogP contribution in [0.2, 0.25) is 0 Å². The van der Waals surface area contributed by atoms with Crippen LogP contribution < -0.4 is 5.32 Å². The van der Waals surface area contributed by atoms with Gasteiger partial charge in [0.1, 0.15) is 5.60 Å². The highest BCUT2D eigenvalue weighted by atomic mass is 35.7. The molecule has 0 bridgehead atoms. The Balaban J connectivity index is 3.19. The molecule has 1 aromatic carbocycles. The standard InChI is InChI=1S/C13H16ClNO6S/c1-13(2,3)21-12(17)15-9-5-8(11(16)20-4)6-10(7-9)22(14,18)19/h5-7H,1-4H3,(H,15,17). The van der Waals surface area contributed by atoms with Crippen molar-refractivity contribution in [1.29, 1.82) is 0 Å². The zero-order valence-electron chi connectivity index (χ0n) is 12.5. The van der Waals surface area contributed by atoms with Crippen LogP contribution in [0.3, 0.4) is 0 Å². The molecule has 1 rings (SSSR count). The van der Waals surface area contributed by atoms with Crippen molar-refractivity contribution in [3.63, 3.8) is 0 Å². The van der Waals surface area contributed by atoms with E-state index >= 15 is 0 Å². The molecule has 22 heavy (non-hydrogen) atoms. The largest absolute Gasteiger partial charge is 0.465 e. The molecule has 0 heterocycles. The fourth-order valence-electron chi connectivity index (χ4n) is 1.47. The summed E-state index contributed by atoms with van der Waals surface area (Å²) in [6.07, 6.45) is -0.799. The number of benzene rings is 1. The summed E-state index contributed by atoms with van der Waals surface area (Å²) in [7, 11) is 2.33. The van der Waals surface area contributed by atoms with Gasteiger partial charge in [0.15, 0.2) is 0 Å². The number of hydrogen-bond donors (Lipinski definition) is 1. The smallest absolute Gasteiger partial charge is 0.412 e. The third-order valence-corrected chi connectivity index (χ3v) is 3.59. The minimum Gasteiger partial charge on any atom is -0.465 e. The van der Waals surface area contributed by atoms with Gasteiger partial charge in [0.05, 0.1) is 17.6 Å². The van der Waals surface area contributed by atoms with Crippen LogP contribution in [0.4, 0.5) is 10.5 Å². The maximum atomic E-state index is 11.7. The maximum Gasteiger partial charge on any atom is 0.412 e. The summed E-state index contributed by atoms with van der Waals surface area (Å²) >= 11 is 0. The fraction of sp³-hybridized carbons (Fsp3) is 0.385. The van der Waals surface area contributed by atoms with E-state index in [1.54, 1.807) is 20.8 Å². The molecule has 0 saturated carbocycles. The van der Waals surface area contributed by atoms with E-state index in [4.69, 9.17) is 15.4 Å². The minimum absolute atomic E-state index is 0.0383. The lowest BCUT2D eigenvalue weighted by Crippen LogP contribution is -2.27. The van der Waals surface area contributed by atoms with E-state index in [-0.39, 0.29) is 16.1 Å². The molecule has 0 aliphatic carbocycles. The first-order chi connectivity index (χ1) is 9.92. The second-order valence-corrected chi connectivity index (χ2v) is 7.87. The summed E-state index contributed by atoms with van der Waals surface area (Å²) < 4.78 is 32.4. The Hall–Kier alpha value is -1.80. The Bertz CT molecular complexity index is 693. The number of carbonyl (C=O) groups excluding carboxylic acids is 2. The van der Waals surface area contributed by atoms with Gasteiger partial charge in [-0.1, -0.05) is 0 Å². The van der Waals surface area contributed by atoms with E-state index in [1.807, 2.05) is 0 Å². The third kappa shape index (κ3) is 5.53. The van der Waals surface area contributed by atoms with Crippen LogP contribution in [0, 0.1) is 0 Å². The monoisotopic (exact) mass is 349 g/mol. The predicted molar refractivity (Wildman–Crippen MR) is 80.7 cm³/mol. The summed E-state index contributed by atoms with van der Waals surface area (Å²) in [5.41, 5.74) is -0.766. The normalized spacial score (nSPS) is 11.7. The quantitative estimate of drug-likeness (QED) is 0.665. The van der Waals surface area contributed by atoms with Gasteiger partial charge < -0.3 is 9.47 Å². The Morgan fingerprint density at radius 2 is 1.77 bits per heavy atom. The van der Waals surface area contributed by atoms with E-state index in [0.717, 1.165) is 19.2 Å². The molecular weight excluding hydrogens is 334 g/mol. The van der Waals surface area contributed by atoms with Crippen molar-refractivity contribution in [3.8, 4) is 0 Å². The lowest BCUT2D eigenvalue weighted by atomic mass is 10.2. The van der Waals surface area contributed by atoms with Crippen molar-refractivity contribution in [3.05, 3.63) is 23.8 Å². The summed E-state index contributed by atoms with van der Waals surface area (Å²) in [5, 5.41) is 2.34. The molecule has 0 atom stereocenters. The first-order valence-electron chi connectivity index (χ1n) is 6.10. The molecule has 0 aliphatic rings. The van der Waals surface area contributed by atoms with Gasteiger partial charge in [-0.15, -0.1) is 0 Å².